The van der Waals surface area contributed by atoms with Gasteiger partial charge in [-0.05, 0) is 40.4 Å². The normalized spacial score (nSPS) is 12.6. The van der Waals surface area contributed by atoms with E-state index in [-0.39, 0.29) is 5.91 Å². The van der Waals surface area contributed by atoms with Gasteiger partial charge in [-0.25, -0.2) is 4.98 Å². The highest BCUT2D eigenvalue weighted by Gasteiger charge is 2.15. The Kier molecular flexibility index (Phi) is 4.89. The molecule has 5 heteroatoms. The number of halogens is 1. The SMILES string of the molecule is CC(C)C[C@H](N)C(=O)Nc1cccnc1Br. The van der Waals surface area contributed by atoms with Crippen molar-refractivity contribution in [2.45, 2.75) is 26.3 Å². The van der Waals surface area contributed by atoms with Crippen LogP contribution >= 0.6 is 15.9 Å². The Labute approximate surface area is 104 Å². The summed E-state index contributed by atoms with van der Waals surface area (Å²) in [6, 6.07) is 3.05. The van der Waals surface area contributed by atoms with E-state index in [1.165, 1.54) is 0 Å². The van der Waals surface area contributed by atoms with Crippen LogP contribution in [0.5, 0.6) is 0 Å². The van der Waals surface area contributed by atoms with Gasteiger partial charge in [0.15, 0.2) is 0 Å². The molecule has 0 unspecified atom stereocenters. The predicted octanol–water partition coefficient (Wildman–Crippen LogP) is 2.16. The number of hydrogen-bond acceptors (Lipinski definition) is 3. The molecule has 0 saturated heterocycles. The lowest BCUT2D eigenvalue weighted by Gasteiger charge is -2.14. The van der Waals surface area contributed by atoms with Crippen molar-refractivity contribution in [1.82, 2.24) is 4.98 Å². The lowest BCUT2D eigenvalue weighted by atomic mass is 10.0. The summed E-state index contributed by atoms with van der Waals surface area (Å²) < 4.78 is 0.611. The van der Waals surface area contributed by atoms with Crippen LogP contribution in [0.25, 0.3) is 0 Å². The van der Waals surface area contributed by atoms with Crippen molar-refractivity contribution in [2.24, 2.45) is 11.7 Å². The quantitative estimate of drug-likeness (QED) is 0.833. The first-order valence-electron chi connectivity index (χ1n) is 5.17. The van der Waals surface area contributed by atoms with Crippen LogP contribution in [-0.4, -0.2) is 16.9 Å². The van der Waals surface area contributed by atoms with E-state index in [9.17, 15) is 4.79 Å². The highest BCUT2D eigenvalue weighted by molar-refractivity contribution is 9.10. The Morgan fingerprint density at radius 3 is 2.88 bits per heavy atom. The van der Waals surface area contributed by atoms with E-state index in [1.54, 1.807) is 18.3 Å². The lowest BCUT2D eigenvalue weighted by molar-refractivity contribution is -0.117. The number of nitrogens with one attached hydrogen (secondary N) is 1. The van der Waals surface area contributed by atoms with Crippen LogP contribution in [0.15, 0.2) is 22.9 Å². The van der Waals surface area contributed by atoms with Crippen LogP contribution in [-0.2, 0) is 4.79 Å². The number of pyridine rings is 1. The number of hydrogen-bond donors (Lipinski definition) is 2. The number of nitrogens with zero attached hydrogens (tertiary/aromatic N) is 1. The summed E-state index contributed by atoms with van der Waals surface area (Å²) in [5.74, 6) is 0.223. The van der Waals surface area contributed by atoms with Crippen LogP contribution in [0.2, 0.25) is 0 Å². The largest absolute Gasteiger partial charge is 0.322 e. The number of carbonyl (C=O) groups excluding carboxylic acids is 1. The molecular weight excluding hydrogens is 270 g/mol. The van der Waals surface area contributed by atoms with Crippen LogP contribution in [0.3, 0.4) is 0 Å². The van der Waals surface area contributed by atoms with E-state index in [0.717, 1.165) is 0 Å². The molecule has 1 heterocycles. The average molecular weight is 286 g/mol. The number of amides is 1. The topological polar surface area (TPSA) is 68.0 Å². The fraction of sp³-hybridized carbons (Fsp3) is 0.455. The molecule has 1 aromatic heterocycles. The molecule has 0 aliphatic rings. The van der Waals surface area contributed by atoms with E-state index in [4.69, 9.17) is 5.73 Å². The molecule has 1 atom stereocenters. The van der Waals surface area contributed by atoms with Crippen molar-refractivity contribution in [3.05, 3.63) is 22.9 Å². The highest BCUT2D eigenvalue weighted by Crippen LogP contribution is 2.18. The zero-order valence-electron chi connectivity index (χ0n) is 9.40. The molecule has 1 aromatic rings. The first-order chi connectivity index (χ1) is 7.50. The van der Waals surface area contributed by atoms with E-state index in [0.29, 0.717) is 22.6 Å². The van der Waals surface area contributed by atoms with Gasteiger partial charge in [0, 0.05) is 6.20 Å². The zero-order chi connectivity index (χ0) is 12.1. The molecule has 0 bridgehead atoms. The Morgan fingerprint density at radius 1 is 1.62 bits per heavy atom. The van der Waals surface area contributed by atoms with Crippen molar-refractivity contribution in [2.75, 3.05) is 5.32 Å². The minimum atomic E-state index is -0.480. The molecule has 88 valence electrons. The van der Waals surface area contributed by atoms with Gasteiger partial charge in [0.25, 0.3) is 0 Å². The number of nitrogens with two attached hydrogens (primary N) is 1. The monoisotopic (exact) mass is 285 g/mol. The Bertz CT molecular complexity index is 368. The second-order valence-electron chi connectivity index (χ2n) is 4.07. The third-order valence-corrected chi connectivity index (χ3v) is 2.71. The smallest absolute Gasteiger partial charge is 0.241 e. The predicted molar refractivity (Wildman–Crippen MR) is 68.0 cm³/mol. The zero-order valence-corrected chi connectivity index (χ0v) is 11.0. The minimum Gasteiger partial charge on any atom is -0.322 e. The van der Waals surface area contributed by atoms with Crippen LogP contribution in [0, 0.1) is 5.92 Å². The molecule has 0 aliphatic heterocycles. The Balaban J connectivity index is 2.61. The third kappa shape index (κ3) is 3.90. The molecule has 16 heavy (non-hydrogen) atoms. The first-order valence-corrected chi connectivity index (χ1v) is 5.97. The summed E-state index contributed by atoms with van der Waals surface area (Å²) in [5.41, 5.74) is 6.41. The molecule has 3 N–H and O–H groups in total. The van der Waals surface area contributed by atoms with Crippen molar-refractivity contribution in [1.29, 1.82) is 0 Å². The number of anilines is 1. The van der Waals surface area contributed by atoms with Crippen molar-refractivity contribution >= 4 is 27.5 Å². The van der Waals surface area contributed by atoms with Gasteiger partial charge >= 0.3 is 0 Å². The van der Waals surface area contributed by atoms with Crippen LogP contribution in [0.4, 0.5) is 5.69 Å². The lowest BCUT2D eigenvalue weighted by Crippen LogP contribution is -2.36. The fourth-order valence-corrected chi connectivity index (χ4v) is 1.67. The first kappa shape index (κ1) is 13.1. The summed E-state index contributed by atoms with van der Waals surface area (Å²) in [7, 11) is 0. The Hall–Kier alpha value is -0.940. The van der Waals surface area contributed by atoms with E-state index in [2.05, 4.69) is 26.2 Å². The van der Waals surface area contributed by atoms with Crippen molar-refractivity contribution in [3.8, 4) is 0 Å². The number of aromatic nitrogens is 1. The molecule has 0 fully saturated rings. The van der Waals surface area contributed by atoms with Gasteiger partial charge in [0.1, 0.15) is 4.60 Å². The second kappa shape index (κ2) is 5.96. The molecule has 0 radical (unpaired) electrons. The van der Waals surface area contributed by atoms with Gasteiger partial charge in [-0.1, -0.05) is 13.8 Å². The van der Waals surface area contributed by atoms with Gasteiger partial charge in [0.05, 0.1) is 11.7 Å². The fourth-order valence-electron chi connectivity index (χ4n) is 1.32. The molecule has 0 spiro atoms. The van der Waals surface area contributed by atoms with Gasteiger partial charge in [0.2, 0.25) is 5.91 Å². The molecule has 0 aliphatic carbocycles. The number of carbonyl (C=O) groups is 1. The molecular formula is C11H16BrN3O. The molecule has 0 aromatic carbocycles. The van der Waals surface area contributed by atoms with Crippen molar-refractivity contribution < 1.29 is 4.79 Å². The summed E-state index contributed by atoms with van der Waals surface area (Å²) in [6.45, 7) is 4.07. The summed E-state index contributed by atoms with van der Waals surface area (Å²) >= 11 is 3.26. The minimum absolute atomic E-state index is 0.178. The third-order valence-electron chi connectivity index (χ3n) is 2.08. The standard InChI is InChI=1S/C11H16BrN3O/c1-7(2)6-8(13)11(16)15-9-4-3-5-14-10(9)12/h3-5,7-8H,6,13H2,1-2H3,(H,15,16)/t8-/m0/s1. The maximum atomic E-state index is 11.7. The van der Waals surface area contributed by atoms with Gasteiger partial charge in [-0.15, -0.1) is 0 Å². The molecule has 0 saturated carbocycles. The molecule has 4 nitrogen and oxygen atoms in total. The van der Waals surface area contributed by atoms with Crippen molar-refractivity contribution in [3.63, 3.8) is 0 Å². The van der Waals surface area contributed by atoms with Gasteiger partial charge in [-0.2, -0.15) is 0 Å². The summed E-state index contributed by atoms with van der Waals surface area (Å²) in [4.78, 5) is 15.7. The van der Waals surface area contributed by atoms with E-state index < -0.39 is 6.04 Å². The summed E-state index contributed by atoms with van der Waals surface area (Å²) in [5, 5.41) is 2.74. The van der Waals surface area contributed by atoms with Crippen LogP contribution < -0.4 is 11.1 Å². The van der Waals surface area contributed by atoms with Gasteiger partial charge in [-0.3, -0.25) is 4.79 Å². The second-order valence-corrected chi connectivity index (χ2v) is 4.82. The maximum absolute atomic E-state index is 11.7. The van der Waals surface area contributed by atoms with E-state index >= 15 is 0 Å². The summed E-state index contributed by atoms with van der Waals surface area (Å²) in [6.07, 6.45) is 2.32. The van der Waals surface area contributed by atoms with Gasteiger partial charge < -0.3 is 11.1 Å². The molecule has 1 rings (SSSR count). The maximum Gasteiger partial charge on any atom is 0.241 e. The Morgan fingerprint density at radius 2 is 2.31 bits per heavy atom. The molecule has 1 amide bonds. The highest BCUT2D eigenvalue weighted by atomic mass is 79.9. The van der Waals surface area contributed by atoms with Crippen LogP contribution in [0.1, 0.15) is 20.3 Å². The van der Waals surface area contributed by atoms with E-state index in [1.807, 2.05) is 13.8 Å². The average Bonchev–Trinajstić information content (AvgIpc) is 2.20. The number of rotatable bonds is 4.